The van der Waals surface area contributed by atoms with Gasteiger partial charge in [0, 0.05) is 57.8 Å². The Morgan fingerprint density at radius 1 is 1.25 bits per heavy atom. The average Bonchev–Trinajstić information content (AvgIpc) is 2.69. The van der Waals surface area contributed by atoms with Gasteiger partial charge in [-0.05, 0) is 12.5 Å². The first-order valence-electron chi connectivity index (χ1n) is 9.43. The van der Waals surface area contributed by atoms with Gasteiger partial charge in [-0.2, -0.15) is 4.98 Å². The molecular formula is C21H31N5O2. The molecule has 7 nitrogen and oxygen atoms in total. The summed E-state index contributed by atoms with van der Waals surface area (Å²) in [6, 6.07) is 11.6. The van der Waals surface area contributed by atoms with Crippen molar-refractivity contribution in [2.24, 2.45) is 0 Å². The summed E-state index contributed by atoms with van der Waals surface area (Å²) < 4.78 is 11.0. The number of nitrogens with two attached hydrogens (primary N) is 1. The number of morpholine rings is 1. The van der Waals surface area contributed by atoms with E-state index in [1.165, 1.54) is 11.8 Å². The van der Waals surface area contributed by atoms with Gasteiger partial charge in [0.1, 0.15) is 12.4 Å². The number of ether oxygens (including phenoxy) is 2. The van der Waals surface area contributed by atoms with Gasteiger partial charge in [-0.25, -0.2) is 0 Å². The molecule has 0 unspecified atom stereocenters. The first-order valence-corrected chi connectivity index (χ1v) is 9.43. The van der Waals surface area contributed by atoms with Crippen molar-refractivity contribution in [3.63, 3.8) is 0 Å². The third kappa shape index (κ3) is 7.54. The molecule has 1 aliphatic heterocycles. The van der Waals surface area contributed by atoms with Crippen molar-refractivity contribution < 1.29 is 9.47 Å². The van der Waals surface area contributed by atoms with Crippen LogP contribution in [0.2, 0.25) is 0 Å². The highest BCUT2D eigenvalue weighted by molar-refractivity contribution is 5.76. The van der Waals surface area contributed by atoms with Crippen LogP contribution in [0.1, 0.15) is 11.1 Å². The number of nitrogens with zero attached hydrogens (tertiary/aromatic N) is 3. The molecule has 0 amide bonds. The molecule has 1 saturated heterocycles. The summed E-state index contributed by atoms with van der Waals surface area (Å²) in [5.41, 5.74) is 8.93. The standard InChI is InChI=1S/C13H22N4O2.C8H9N/c1-16(2)11-9-12(14)15-13(10-11)19-8-5-17-3-6-18-7-4-17;1-7-3-2-4-8(5-7)6-9/h9-10H,3-8H2,1-2H3,(H2,14,15);2-6,9H,1H3. The number of anilines is 2. The normalized spacial score (nSPS) is 14.0. The lowest BCUT2D eigenvalue weighted by Crippen LogP contribution is -2.38. The molecule has 7 heteroatoms. The second kappa shape index (κ2) is 11.3. The molecule has 0 aliphatic carbocycles. The van der Waals surface area contributed by atoms with Crippen molar-refractivity contribution in [2.45, 2.75) is 6.92 Å². The zero-order valence-corrected chi connectivity index (χ0v) is 17.0. The van der Waals surface area contributed by atoms with Crippen molar-refractivity contribution in [1.82, 2.24) is 9.88 Å². The SMILES string of the molecule is CN(C)c1cc(N)nc(OCCN2CCOCC2)c1.Cc1cccc(C=N)c1. The lowest BCUT2D eigenvalue weighted by atomic mass is 10.2. The zero-order chi connectivity index (χ0) is 20.4. The van der Waals surface area contributed by atoms with Crippen LogP contribution >= 0.6 is 0 Å². The summed E-state index contributed by atoms with van der Waals surface area (Å²) >= 11 is 0. The van der Waals surface area contributed by atoms with Gasteiger partial charge in [-0.3, -0.25) is 4.90 Å². The van der Waals surface area contributed by atoms with Crippen LogP contribution in [0.15, 0.2) is 36.4 Å². The molecule has 1 aromatic carbocycles. The van der Waals surface area contributed by atoms with Gasteiger partial charge in [-0.15, -0.1) is 0 Å². The first-order chi connectivity index (χ1) is 13.5. The van der Waals surface area contributed by atoms with Gasteiger partial charge in [0.25, 0.3) is 0 Å². The summed E-state index contributed by atoms with van der Waals surface area (Å²) in [6.07, 6.45) is 1.35. The fourth-order valence-corrected chi connectivity index (χ4v) is 2.71. The fourth-order valence-electron chi connectivity index (χ4n) is 2.71. The van der Waals surface area contributed by atoms with E-state index < -0.39 is 0 Å². The van der Waals surface area contributed by atoms with E-state index in [0.717, 1.165) is 44.1 Å². The molecule has 3 rings (SSSR count). The molecule has 2 heterocycles. The number of nitrogens with one attached hydrogen (secondary N) is 1. The topological polar surface area (TPSA) is 87.7 Å². The van der Waals surface area contributed by atoms with Gasteiger partial charge >= 0.3 is 0 Å². The third-order valence-corrected chi connectivity index (χ3v) is 4.29. The third-order valence-electron chi connectivity index (χ3n) is 4.29. The van der Waals surface area contributed by atoms with Gasteiger partial charge in [-0.1, -0.05) is 29.8 Å². The molecule has 0 spiro atoms. The minimum absolute atomic E-state index is 0.479. The van der Waals surface area contributed by atoms with Gasteiger partial charge < -0.3 is 25.5 Å². The van der Waals surface area contributed by atoms with E-state index in [0.29, 0.717) is 18.3 Å². The number of aryl methyl sites for hydroxylation is 1. The summed E-state index contributed by atoms with van der Waals surface area (Å²) in [5.74, 6) is 1.06. The predicted octanol–water partition coefficient (Wildman–Crippen LogP) is 2.43. The number of rotatable bonds is 6. The maximum absolute atomic E-state index is 6.92. The Labute approximate surface area is 167 Å². The number of pyridine rings is 1. The van der Waals surface area contributed by atoms with E-state index in [1.54, 1.807) is 0 Å². The van der Waals surface area contributed by atoms with Crippen LogP contribution in [0.5, 0.6) is 5.88 Å². The highest BCUT2D eigenvalue weighted by Gasteiger charge is 2.10. The van der Waals surface area contributed by atoms with E-state index in [-0.39, 0.29) is 0 Å². The molecule has 0 saturated carbocycles. The molecule has 0 atom stereocenters. The summed E-state index contributed by atoms with van der Waals surface area (Å²) in [4.78, 5) is 8.49. The van der Waals surface area contributed by atoms with E-state index >= 15 is 0 Å². The molecule has 28 heavy (non-hydrogen) atoms. The minimum atomic E-state index is 0.479. The van der Waals surface area contributed by atoms with Crippen molar-refractivity contribution in [1.29, 1.82) is 5.41 Å². The Morgan fingerprint density at radius 3 is 2.61 bits per heavy atom. The Bertz CT molecular complexity index is 745. The molecule has 1 fully saturated rings. The zero-order valence-electron chi connectivity index (χ0n) is 17.0. The van der Waals surface area contributed by atoms with Crippen LogP contribution in [-0.4, -0.2) is 69.6 Å². The Hall–Kier alpha value is -2.64. The second-order valence-electron chi connectivity index (χ2n) is 6.84. The van der Waals surface area contributed by atoms with Crippen molar-refractivity contribution in [3.05, 3.63) is 47.5 Å². The van der Waals surface area contributed by atoms with Crippen LogP contribution in [0.25, 0.3) is 0 Å². The Kier molecular flexibility index (Phi) is 8.71. The van der Waals surface area contributed by atoms with Crippen molar-refractivity contribution >= 4 is 17.7 Å². The Morgan fingerprint density at radius 2 is 2.00 bits per heavy atom. The lowest BCUT2D eigenvalue weighted by molar-refractivity contribution is 0.0320. The van der Waals surface area contributed by atoms with E-state index in [4.69, 9.17) is 20.6 Å². The number of hydrogen-bond acceptors (Lipinski definition) is 7. The van der Waals surface area contributed by atoms with Crippen molar-refractivity contribution in [2.75, 3.05) is 64.2 Å². The van der Waals surface area contributed by atoms with Crippen LogP contribution in [0.4, 0.5) is 11.5 Å². The smallest absolute Gasteiger partial charge is 0.217 e. The number of benzene rings is 1. The predicted molar refractivity (Wildman–Crippen MR) is 115 cm³/mol. The average molecular weight is 386 g/mol. The van der Waals surface area contributed by atoms with Crippen LogP contribution in [0.3, 0.4) is 0 Å². The monoisotopic (exact) mass is 385 g/mol. The summed E-state index contributed by atoms with van der Waals surface area (Å²) in [5, 5.41) is 6.92. The largest absolute Gasteiger partial charge is 0.476 e. The molecular weight excluding hydrogens is 354 g/mol. The molecule has 3 N–H and O–H groups in total. The van der Waals surface area contributed by atoms with Crippen LogP contribution in [-0.2, 0) is 4.74 Å². The lowest BCUT2D eigenvalue weighted by Gasteiger charge is -2.26. The van der Waals surface area contributed by atoms with E-state index in [9.17, 15) is 0 Å². The van der Waals surface area contributed by atoms with Gasteiger partial charge in [0.05, 0.1) is 13.2 Å². The number of aromatic nitrogens is 1. The highest BCUT2D eigenvalue weighted by Crippen LogP contribution is 2.20. The van der Waals surface area contributed by atoms with E-state index in [1.807, 2.05) is 62.3 Å². The Balaban J connectivity index is 0.000000261. The fraction of sp³-hybridized carbons (Fsp3) is 0.429. The number of hydrogen-bond donors (Lipinski definition) is 2. The summed E-state index contributed by atoms with van der Waals surface area (Å²) in [6.45, 7) is 7.07. The van der Waals surface area contributed by atoms with E-state index in [2.05, 4.69) is 9.88 Å². The van der Waals surface area contributed by atoms with Crippen molar-refractivity contribution in [3.8, 4) is 5.88 Å². The first kappa shape index (κ1) is 21.7. The molecule has 0 bridgehead atoms. The maximum Gasteiger partial charge on any atom is 0.217 e. The second-order valence-corrected chi connectivity index (χ2v) is 6.84. The van der Waals surface area contributed by atoms with Gasteiger partial charge in [0.15, 0.2) is 0 Å². The summed E-state index contributed by atoms with van der Waals surface area (Å²) in [7, 11) is 3.93. The quantitative estimate of drug-likeness (QED) is 0.743. The maximum atomic E-state index is 6.92. The number of nitrogen functional groups attached to an aromatic ring is 1. The molecule has 0 radical (unpaired) electrons. The molecule has 152 valence electrons. The highest BCUT2D eigenvalue weighted by atomic mass is 16.5. The minimum Gasteiger partial charge on any atom is -0.476 e. The van der Waals surface area contributed by atoms with Crippen LogP contribution in [0, 0.1) is 12.3 Å². The van der Waals surface area contributed by atoms with Crippen LogP contribution < -0.4 is 15.4 Å². The molecule has 1 aromatic heterocycles. The van der Waals surface area contributed by atoms with Gasteiger partial charge in [0.2, 0.25) is 5.88 Å². The molecule has 1 aliphatic rings. The molecule has 2 aromatic rings.